The molecule has 1 N–H and O–H groups in total. The first-order chi connectivity index (χ1) is 8.19. The van der Waals surface area contributed by atoms with Gasteiger partial charge < -0.3 is 5.11 Å². The van der Waals surface area contributed by atoms with Gasteiger partial charge in [0.2, 0.25) is 0 Å². The maximum atomic E-state index is 13.1. The Kier molecular flexibility index (Phi) is 4.15. The molecule has 90 valence electrons. The molecule has 1 nitrogen and oxygen atoms in total. The molecular weight excluding hydrogens is 259 g/mol. The summed E-state index contributed by atoms with van der Waals surface area (Å²) in [6.07, 6.45) is 0.678. The Morgan fingerprint density at radius 2 is 2.12 bits per heavy atom. The highest BCUT2D eigenvalue weighted by Gasteiger charge is 2.13. The number of aliphatic hydroxyl groups is 1. The number of benzene rings is 1. The molecule has 0 aliphatic heterocycles. The van der Waals surface area contributed by atoms with Gasteiger partial charge >= 0.3 is 0 Å². The largest absolute Gasteiger partial charge is 0.396 e. The minimum atomic E-state index is -0.273. The molecule has 0 aliphatic carbocycles. The lowest BCUT2D eigenvalue weighted by molar-refractivity contribution is 0.264. The standard InChI is InChI=1S/C13H12ClFOS/c14-13-5-4-12(17-13)7-10(8-16)9-2-1-3-11(15)6-9/h1-6,10,16H,7-8H2. The predicted octanol–water partition coefficient (Wildman–Crippen LogP) is 3.86. The number of halogens is 2. The number of hydrogen-bond donors (Lipinski definition) is 1. The average molecular weight is 271 g/mol. The van der Waals surface area contributed by atoms with E-state index in [1.807, 2.05) is 18.2 Å². The molecule has 0 spiro atoms. The van der Waals surface area contributed by atoms with E-state index >= 15 is 0 Å². The van der Waals surface area contributed by atoms with Crippen LogP contribution in [0.5, 0.6) is 0 Å². The summed E-state index contributed by atoms with van der Waals surface area (Å²) in [5.74, 6) is -0.356. The third-order valence-electron chi connectivity index (χ3n) is 2.62. The van der Waals surface area contributed by atoms with E-state index in [1.54, 1.807) is 6.07 Å². The van der Waals surface area contributed by atoms with E-state index in [1.165, 1.54) is 23.5 Å². The van der Waals surface area contributed by atoms with Gasteiger partial charge in [-0.25, -0.2) is 4.39 Å². The van der Waals surface area contributed by atoms with E-state index in [-0.39, 0.29) is 18.3 Å². The molecule has 2 rings (SSSR count). The van der Waals surface area contributed by atoms with Gasteiger partial charge in [-0.3, -0.25) is 0 Å². The van der Waals surface area contributed by atoms with Crippen LogP contribution in [0.15, 0.2) is 36.4 Å². The zero-order chi connectivity index (χ0) is 12.3. The second-order valence-electron chi connectivity index (χ2n) is 3.84. The fourth-order valence-electron chi connectivity index (χ4n) is 1.75. The van der Waals surface area contributed by atoms with Gasteiger partial charge in [0.15, 0.2) is 0 Å². The predicted molar refractivity (Wildman–Crippen MR) is 69.3 cm³/mol. The molecule has 4 heteroatoms. The Bertz CT molecular complexity index is 498. The van der Waals surface area contributed by atoms with Crippen molar-refractivity contribution in [3.63, 3.8) is 0 Å². The molecule has 0 radical (unpaired) electrons. The minimum Gasteiger partial charge on any atom is -0.396 e. The van der Waals surface area contributed by atoms with Crippen LogP contribution < -0.4 is 0 Å². The second-order valence-corrected chi connectivity index (χ2v) is 5.64. The van der Waals surface area contributed by atoms with Gasteiger partial charge in [0.05, 0.1) is 10.9 Å². The summed E-state index contributed by atoms with van der Waals surface area (Å²) >= 11 is 7.35. The van der Waals surface area contributed by atoms with Crippen LogP contribution in [-0.4, -0.2) is 11.7 Å². The second kappa shape index (κ2) is 5.63. The molecule has 2 aromatic rings. The van der Waals surface area contributed by atoms with Crippen molar-refractivity contribution in [2.75, 3.05) is 6.61 Å². The topological polar surface area (TPSA) is 20.2 Å². The van der Waals surface area contributed by atoms with E-state index in [0.29, 0.717) is 6.42 Å². The maximum absolute atomic E-state index is 13.1. The normalized spacial score (nSPS) is 12.6. The van der Waals surface area contributed by atoms with Crippen molar-refractivity contribution >= 4 is 22.9 Å². The molecular formula is C13H12ClFOS. The van der Waals surface area contributed by atoms with Gasteiger partial charge in [-0.2, -0.15) is 0 Å². The zero-order valence-corrected chi connectivity index (χ0v) is 10.6. The van der Waals surface area contributed by atoms with E-state index < -0.39 is 0 Å². The molecule has 0 bridgehead atoms. The van der Waals surface area contributed by atoms with Gasteiger partial charge in [-0.15, -0.1) is 11.3 Å². The lowest BCUT2D eigenvalue weighted by atomic mass is 9.96. The van der Waals surface area contributed by atoms with Crippen molar-refractivity contribution in [2.24, 2.45) is 0 Å². The highest BCUT2D eigenvalue weighted by atomic mass is 35.5. The van der Waals surface area contributed by atoms with Gasteiger partial charge in [0, 0.05) is 10.8 Å². The van der Waals surface area contributed by atoms with E-state index in [0.717, 1.165) is 14.8 Å². The number of rotatable bonds is 4. The molecule has 0 aliphatic rings. The Hall–Kier alpha value is -0.900. The highest BCUT2D eigenvalue weighted by Crippen LogP contribution is 2.27. The number of aliphatic hydroxyl groups excluding tert-OH is 1. The molecule has 1 aromatic carbocycles. The monoisotopic (exact) mass is 270 g/mol. The quantitative estimate of drug-likeness (QED) is 0.894. The summed E-state index contributed by atoms with van der Waals surface area (Å²) in [5.41, 5.74) is 0.817. The van der Waals surface area contributed by atoms with Gasteiger partial charge in [0.25, 0.3) is 0 Å². The summed E-state index contributed by atoms with van der Waals surface area (Å²) < 4.78 is 13.8. The molecule has 1 heterocycles. The van der Waals surface area contributed by atoms with E-state index in [9.17, 15) is 9.50 Å². The summed E-state index contributed by atoms with van der Waals surface area (Å²) in [5, 5.41) is 9.39. The summed E-state index contributed by atoms with van der Waals surface area (Å²) in [7, 11) is 0. The molecule has 1 unspecified atom stereocenters. The molecule has 0 amide bonds. The maximum Gasteiger partial charge on any atom is 0.123 e. The van der Waals surface area contributed by atoms with Crippen LogP contribution in [0.25, 0.3) is 0 Å². The number of hydrogen-bond acceptors (Lipinski definition) is 2. The molecule has 0 saturated carbocycles. The average Bonchev–Trinajstić information content (AvgIpc) is 2.72. The Balaban J connectivity index is 2.16. The fraction of sp³-hybridized carbons (Fsp3) is 0.231. The summed E-state index contributed by atoms with van der Waals surface area (Å²) in [6, 6.07) is 10.1. The molecule has 0 fully saturated rings. The van der Waals surface area contributed by atoms with Crippen LogP contribution in [-0.2, 0) is 6.42 Å². The third-order valence-corrected chi connectivity index (χ3v) is 3.87. The van der Waals surface area contributed by atoms with Crippen molar-refractivity contribution in [3.05, 3.63) is 57.0 Å². The van der Waals surface area contributed by atoms with Crippen LogP contribution in [0.4, 0.5) is 4.39 Å². The van der Waals surface area contributed by atoms with Crippen LogP contribution >= 0.6 is 22.9 Å². The van der Waals surface area contributed by atoms with Crippen molar-refractivity contribution in [1.82, 2.24) is 0 Å². The summed E-state index contributed by atoms with van der Waals surface area (Å²) in [6.45, 7) is -0.00102. The Morgan fingerprint density at radius 1 is 1.29 bits per heavy atom. The van der Waals surface area contributed by atoms with Crippen molar-refractivity contribution in [2.45, 2.75) is 12.3 Å². The first-order valence-corrected chi connectivity index (χ1v) is 6.49. The van der Waals surface area contributed by atoms with Crippen LogP contribution in [0.1, 0.15) is 16.4 Å². The van der Waals surface area contributed by atoms with E-state index in [2.05, 4.69) is 0 Å². The van der Waals surface area contributed by atoms with Gasteiger partial charge in [-0.05, 0) is 36.2 Å². The Labute approximate surface area is 108 Å². The van der Waals surface area contributed by atoms with Crippen LogP contribution in [0.2, 0.25) is 4.34 Å². The minimum absolute atomic E-state index is 0.00102. The molecule has 17 heavy (non-hydrogen) atoms. The lowest BCUT2D eigenvalue weighted by Gasteiger charge is -2.13. The molecule has 0 saturated heterocycles. The van der Waals surface area contributed by atoms with Crippen molar-refractivity contribution in [3.8, 4) is 0 Å². The van der Waals surface area contributed by atoms with Crippen molar-refractivity contribution < 1.29 is 9.50 Å². The molecule has 1 atom stereocenters. The van der Waals surface area contributed by atoms with Crippen LogP contribution in [0.3, 0.4) is 0 Å². The van der Waals surface area contributed by atoms with E-state index in [4.69, 9.17) is 11.6 Å². The SMILES string of the molecule is OCC(Cc1ccc(Cl)s1)c1cccc(F)c1. The van der Waals surface area contributed by atoms with Crippen LogP contribution in [0, 0.1) is 5.82 Å². The zero-order valence-electron chi connectivity index (χ0n) is 9.07. The Morgan fingerprint density at radius 3 is 2.71 bits per heavy atom. The van der Waals surface area contributed by atoms with Gasteiger partial charge in [0.1, 0.15) is 5.82 Å². The first-order valence-electron chi connectivity index (χ1n) is 5.29. The third kappa shape index (κ3) is 3.28. The smallest absolute Gasteiger partial charge is 0.123 e. The summed E-state index contributed by atoms with van der Waals surface area (Å²) in [4.78, 5) is 1.10. The highest BCUT2D eigenvalue weighted by molar-refractivity contribution is 7.16. The van der Waals surface area contributed by atoms with Crippen molar-refractivity contribution in [1.29, 1.82) is 0 Å². The lowest BCUT2D eigenvalue weighted by Crippen LogP contribution is -2.07. The molecule has 1 aromatic heterocycles. The van der Waals surface area contributed by atoms with Gasteiger partial charge in [-0.1, -0.05) is 23.7 Å². The number of thiophene rings is 1. The first kappa shape index (κ1) is 12.6. The fourth-order valence-corrected chi connectivity index (χ4v) is 2.92.